The Morgan fingerprint density at radius 3 is 1.94 bits per heavy atom. The van der Waals surface area contributed by atoms with Crippen LogP contribution in [0.2, 0.25) is 0 Å². The monoisotopic (exact) mass is 600 g/mol. The van der Waals surface area contributed by atoms with Gasteiger partial charge >= 0.3 is 0 Å². The predicted octanol–water partition coefficient (Wildman–Crippen LogP) is 9.15. The van der Waals surface area contributed by atoms with Crippen LogP contribution in [0.5, 0.6) is 0 Å². The summed E-state index contributed by atoms with van der Waals surface area (Å²) in [6.07, 6.45) is 1.90. The molecule has 2 atom stereocenters. The van der Waals surface area contributed by atoms with E-state index in [4.69, 9.17) is 0 Å². The third kappa shape index (κ3) is 5.66. The van der Waals surface area contributed by atoms with Gasteiger partial charge in [0.2, 0.25) is 0 Å². The summed E-state index contributed by atoms with van der Waals surface area (Å²) < 4.78 is 2.07. The Morgan fingerprint density at radius 1 is 0.722 bits per heavy atom. The second-order valence-corrected chi connectivity index (χ2v) is 10.5. The number of halogens is 2. The molecule has 2 nitrogen and oxygen atoms in total. The van der Waals surface area contributed by atoms with Gasteiger partial charge in [0.1, 0.15) is 0 Å². The smallest absolute Gasteiger partial charge is 0.188 e. The van der Waals surface area contributed by atoms with E-state index in [9.17, 15) is 9.59 Å². The van der Waals surface area contributed by atoms with Crippen molar-refractivity contribution in [2.45, 2.75) is 19.8 Å². The van der Waals surface area contributed by atoms with Crippen molar-refractivity contribution >= 4 is 49.5 Å². The Kier molecular flexibility index (Phi) is 8.50. The number of Topliss-reactive ketones (excluding diaryl/α,β-unsaturated/α-hetero) is 2. The van der Waals surface area contributed by atoms with Gasteiger partial charge < -0.3 is 0 Å². The van der Waals surface area contributed by atoms with E-state index in [1.54, 1.807) is 0 Å². The van der Waals surface area contributed by atoms with Gasteiger partial charge in [0.05, 0.1) is 0 Å². The number of fused-ring (bicyclic) bond motifs is 1. The summed E-state index contributed by atoms with van der Waals surface area (Å²) in [6.45, 7) is 3.86. The van der Waals surface area contributed by atoms with Crippen LogP contribution in [-0.4, -0.2) is 11.6 Å². The topological polar surface area (TPSA) is 34.1 Å². The van der Waals surface area contributed by atoms with Crippen LogP contribution < -0.4 is 0 Å². The zero-order chi connectivity index (χ0) is 25.7. The maximum Gasteiger partial charge on any atom is 0.188 e. The first-order chi connectivity index (χ1) is 17.4. The van der Waals surface area contributed by atoms with Gasteiger partial charge in [-0.25, -0.2) is 0 Å². The molecule has 0 aromatic heterocycles. The van der Waals surface area contributed by atoms with Crippen molar-refractivity contribution in [3.05, 3.63) is 145 Å². The molecule has 180 valence electrons. The molecule has 0 heterocycles. The fourth-order valence-corrected chi connectivity index (χ4v) is 5.46. The lowest BCUT2D eigenvalue weighted by Gasteiger charge is -2.17. The summed E-state index contributed by atoms with van der Waals surface area (Å²) in [7, 11) is 0. The van der Waals surface area contributed by atoms with E-state index in [0.717, 1.165) is 36.8 Å². The second kappa shape index (κ2) is 11.8. The van der Waals surface area contributed by atoms with E-state index < -0.39 is 0 Å². The Labute approximate surface area is 229 Å². The number of allylic oxidation sites excluding steroid dienone is 1. The van der Waals surface area contributed by atoms with Crippen LogP contribution in [0.1, 0.15) is 57.2 Å². The van der Waals surface area contributed by atoms with E-state index in [2.05, 4.69) is 44.0 Å². The van der Waals surface area contributed by atoms with Crippen molar-refractivity contribution in [3.63, 3.8) is 0 Å². The maximum atomic E-state index is 12.3. The minimum Gasteiger partial charge on any atom is -0.294 e. The maximum absolute atomic E-state index is 12.3. The fraction of sp³-hybridized carbons (Fsp3) is 0.125. The molecule has 0 bridgehead atoms. The molecule has 0 aliphatic heterocycles. The molecule has 0 spiro atoms. The number of carbonyl (C=O) groups is 2. The lowest BCUT2D eigenvalue weighted by molar-refractivity contribution is 0.0938. The molecule has 36 heavy (non-hydrogen) atoms. The number of hydrogen-bond donors (Lipinski definition) is 0. The Morgan fingerprint density at radius 2 is 1.28 bits per heavy atom. The molecule has 4 aromatic carbocycles. The van der Waals surface area contributed by atoms with Gasteiger partial charge in [-0.3, -0.25) is 9.59 Å². The van der Waals surface area contributed by atoms with Crippen LogP contribution in [-0.2, 0) is 0 Å². The number of carbonyl (C=O) groups excluding carboxylic acids is 2. The molecule has 0 radical (unpaired) electrons. The first-order valence-electron chi connectivity index (χ1n) is 11.8. The lowest BCUT2D eigenvalue weighted by Crippen LogP contribution is -2.10. The third-order valence-electron chi connectivity index (χ3n) is 6.39. The van der Waals surface area contributed by atoms with Crippen LogP contribution in [0.3, 0.4) is 0 Å². The Bertz CT molecular complexity index is 1420. The second-order valence-electron chi connectivity index (χ2n) is 8.78. The largest absolute Gasteiger partial charge is 0.294 e. The van der Waals surface area contributed by atoms with E-state index in [1.807, 2.05) is 111 Å². The van der Waals surface area contributed by atoms with Crippen LogP contribution >= 0.6 is 31.9 Å². The SMILES string of the molecule is CC(=Cc1ccccc1Br)C(=O)c1ccccc1.CC1C(=O)c2ccccc2C1c1ccccc1Br. The average Bonchev–Trinajstić information content (AvgIpc) is 3.16. The van der Waals surface area contributed by atoms with Crippen molar-refractivity contribution in [3.8, 4) is 0 Å². The minimum absolute atomic E-state index is 0.0149. The molecule has 0 saturated carbocycles. The first kappa shape index (κ1) is 26.0. The highest BCUT2D eigenvalue weighted by Crippen LogP contribution is 2.44. The summed E-state index contributed by atoms with van der Waals surface area (Å²) in [5.74, 6) is 0.503. The number of hydrogen-bond acceptors (Lipinski definition) is 2. The van der Waals surface area contributed by atoms with Crippen LogP contribution in [0, 0.1) is 5.92 Å². The molecule has 1 aliphatic rings. The summed E-state index contributed by atoms with van der Waals surface area (Å²) in [5, 5.41) is 0. The van der Waals surface area contributed by atoms with Gasteiger partial charge in [-0.1, -0.05) is 130 Å². The molecule has 0 saturated heterocycles. The minimum atomic E-state index is 0.0149. The molecule has 4 heteroatoms. The van der Waals surface area contributed by atoms with Gasteiger partial charge in [-0.2, -0.15) is 0 Å². The van der Waals surface area contributed by atoms with Gasteiger partial charge in [-0.15, -0.1) is 0 Å². The standard InChI is InChI=1S/2C16H13BrO/c1-10-15(13-8-4-5-9-14(13)17)11-6-2-3-7-12(11)16(10)18;1-12(11-14-9-5-6-10-15(14)17)16(18)13-7-3-2-4-8-13/h2-10,15H,1H3;2-11H,1H3. The summed E-state index contributed by atoms with van der Waals surface area (Å²) in [6, 6.07) is 33.3. The van der Waals surface area contributed by atoms with Crippen molar-refractivity contribution in [2.75, 3.05) is 0 Å². The van der Waals surface area contributed by atoms with E-state index in [1.165, 1.54) is 5.56 Å². The zero-order valence-corrected chi connectivity index (χ0v) is 23.3. The van der Waals surface area contributed by atoms with Crippen LogP contribution in [0.4, 0.5) is 0 Å². The summed E-state index contributed by atoms with van der Waals surface area (Å²) >= 11 is 7.07. The zero-order valence-electron chi connectivity index (χ0n) is 20.1. The van der Waals surface area contributed by atoms with Crippen molar-refractivity contribution < 1.29 is 9.59 Å². The average molecular weight is 602 g/mol. The summed E-state index contributed by atoms with van der Waals surface area (Å²) in [5.41, 5.74) is 5.70. The van der Waals surface area contributed by atoms with Gasteiger partial charge in [-0.05, 0) is 47.4 Å². The molecule has 0 amide bonds. The highest BCUT2D eigenvalue weighted by molar-refractivity contribution is 9.10. The summed E-state index contributed by atoms with van der Waals surface area (Å²) in [4.78, 5) is 24.5. The van der Waals surface area contributed by atoms with E-state index in [-0.39, 0.29) is 23.4 Å². The van der Waals surface area contributed by atoms with Gasteiger partial charge in [0, 0.05) is 31.9 Å². The number of ketones is 2. The van der Waals surface area contributed by atoms with E-state index in [0.29, 0.717) is 0 Å². The first-order valence-corrected chi connectivity index (χ1v) is 13.4. The van der Waals surface area contributed by atoms with Gasteiger partial charge in [0.25, 0.3) is 0 Å². The van der Waals surface area contributed by atoms with Crippen molar-refractivity contribution in [1.82, 2.24) is 0 Å². The predicted molar refractivity (Wildman–Crippen MR) is 154 cm³/mol. The highest BCUT2D eigenvalue weighted by atomic mass is 79.9. The Hall–Kier alpha value is -3.08. The molecule has 4 aromatic rings. The number of benzene rings is 4. The van der Waals surface area contributed by atoms with Crippen LogP contribution in [0.25, 0.3) is 6.08 Å². The van der Waals surface area contributed by atoms with Crippen LogP contribution in [0.15, 0.2) is 118 Å². The van der Waals surface area contributed by atoms with Crippen molar-refractivity contribution in [1.29, 1.82) is 0 Å². The number of rotatable bonds is 4. The molecule has 2 unspecified atom stereocenters. The third-order valence-corrected chi connectivity index (χ3v) is 7.83. The molecule has 0 fully saturated rings. The molecule has 1 aliphatic carbocycles. The Balaban J connectivity index is 0.000000169. The molecule has 5 rings (SSSR count). The quantitative estimate of drug-likeness (QED) is 0.173. The molecular weight excluding hydrogens is 576 g/mol. The molecule has 0 N–H and O–H groups in total. The highest BCUT2D eigenvalue weighted by Gasteiger charge is 2.37. The lowest BCUT2D eigenvalue weighted by atomic mass is 9.87. The molecular formula is C32H26Br2O2. The normalized spacial score (nSPS) is 16.7. The van der Waals surface area contributed by atoms with Crippen molar-refractivity contribution in [2.24, 2.45) is 5.92 Å². The fourth-order valence-electron chi connectivity index (χ4n) is 4.53. The van der Waals surface area contributed by atoms with E-state index >= 15 is 0 Å². The van der Waals surface area contributed by atoms with Gasteiger partial charge in [0.15, 0.2) is 11.6 Å².